The first kappa shape index (κ1) is 20.4. The first-order chi connectivity index (χ1) is 11.2. The first-order valence-electron chi connectivity index (χ1n) is 8.69. The maximum absolute atomic E-state index is 13.0. The van der Waals surface area contributed by atoms with Crippen molar-refractivity contribution in [2.24, 2.45) is 11.8 Å². The molecule has 7 heteroatoms. The predicted octanol–water partition coefficient (Wildman–Crippen LogP) is 2.31. The van der Waals surface area contributed by atoms with E-state index in [4.69, 9.17) is 0 Å². The van der Waals surface area contributed by atoms with Crippen molar-refractivity contribution < 1.29 is 9.18 Å². The maximum atomic E-state index is 13.0. The third-order valence-corrected chi connectivity index (χ3v) is 5.65. The summed E-state index contributed by atoms with van der Waals surface area (Å²) in [5.74, 6) is 1.39. The highest BCUT2D eigenvalue weighted by atomic mass is 35.5. The van der Waals surface area contributed by atoms with Gasteiger partial charge >= 0.3 is 0 Å². The van der Waals surface area contributed by atoms with Crippen molar-refractivity contribution in [1.82, 2.24) is 15.1 Å². The highest BCUT2D eigenvalue weighted by molar-refractivity contribution is 5.85. The Balaban J connectivity index is 0.00000113. The van der Waals surface area contributed by atoms with Gasteiger partial charge in [-0.1, -0.05) is 12.1 Å². The topological polar surface area (TPSA) is 35.6 Å². The predicted molar refractivity (Wildman–Crippen MR) is 101 cm³/mol. The van der Waals surface area contributed by atoms with Gasteiger partial charge in [-0.15, -0.1) is 24.8 Å². The molecule has 4 nitrogen and oxygen atoms in total. The molecule has 1 unspecified atom stereocenters. The Morgan fingerprint density at radius 1 is 1.12 bits per heavy atom. The van der Waals surface area contributed by atoms with Gasteiger partial charge in [0.15, 0.2) is 0 Å². The van der Waals surface area contributed by atoms with Gasteiger partial charge in [0.2, 0.25) is 5.91 Å². The highest BCUT2D eigenvalue weighted by Crippen LogP contribution is 2.29. The molecular formula is C18H26Cl2FN3O. The van der Waals surface area contributed by atoms with E-state index in [9.17, 15) is 9.18 Å². The molecule has 3 fully saturated rings. The van der Waals surface area contributed by atoms with E-state index in [1.54, 1.807) is 0 Å². The summed E-state index contributed by atoms with van der Waals surface area (Å²) in [6, 6.07) is 6.64. The van der Waals surface area contributed by atoms with E-state index in [-0.39, 0.29) is 36.7 Å². The zero-order valence-electron chi connectivity index (χ0n) is 14.2. The van der Waals surface area contributed by atoms with E-state index < -0.39 is 0 Å². The summed E-state index contributed by atoms with van der Waals surface area (Å²) in [5.41, 5.74) is 1.08. The normalized spacial score (nSPS) is 28.4. The van der Waals surface area contributed by atoms with Gasteiger partial charge in [0.1, 0.15) is 5.82 Å². The fraction of sp³-hybridized carbons (Fsp3) is 0.611. The van der Waals surface area contributed by atoms with Crippen LogP contribution in [0.2, 0.25) is 0 Å². The van der Waals surface area contributed by atoms with Crippen LogP contribution in [0, 0.1) is 17.7 Å². The van der Waals surface area contributed by atoms with E-state index >= 15 is 0 Å². The molecule has 1 aromatic rings. The van der Waals surface area contributed by atoms with Crippen LogP contribution in [-0.2, 0) is 11.3 Å². The van der Waals surface area contributed by atoms with Gasteiger partial charge in [0.25, 0.3) is 0 Å². The largest absolute Gasteiger partial charge is 0.341 e. The van der Waals surface area contributed by atoms with E-state index in [1.165, 1.54) is 12.1 Å². The number of rotatable bonds is 3. The van der Waals surface area contributed by atoms with Crippen molar-refractivity contribution in [2.75, 3.05) is 32.7 Å². The Kier molecular flexibility index (Phi) is 7.09. The molecule has 0 aromatic heterocycles. The van der Waals surface area contributed by atoms with Crippen LogP contribution in [0.15, 0.2) is 24.3 Å². The lowest BCUT2D eigenvalue weighted by Gasteiger charge is -2.28. The highest BCUT2D eigenvalue weighted by Gasteiger charge is 2.41. The summed E-state index contributed by atoms with van der Waals surface area (Å²) in [7, 11) is 0. The molecular weight excluding hydrogens is 364 g/mol. The number of amides is 1. The molecule has 3 aliphatic rings. The maximum Gasteiger partial charge on any atom is 0.239 e. The zero-order chi connectivity index (χ0) is 15.8. The quantitative estimate of drug-likeness (QED) is 0.861. The lowest BCUT2D eigenvalue weighted by atomic mass is 10.0. The number of nitrogens with one attached hydrogen (secondary N) is 1. The van der Waals surface area contributed by atoms with Crippen LogP contribution in [-0.4, -0.2) is 54.5 Å². The lowest BCUT2D eigenvalue weighted by molar-refractivity contribution is -0.135. The van der Waals surface area contributed by atoms with Gasteiger partial charge in [0, 0.05) is 32.7 Å². The van der Waals surface area contributed by atoms with Crippen LogP contribution >= 0.6 is 24.8 Å². The number of hydrogen-bond acceptors (Lipinski definition) is 3. The molecule has 0 spiro atoms. The number of hydrogen-bond donors (Lipinski definition) is 1. The van der Waals surface area contributed by atoms with Gasteiger partial charge in [-0.2, -0.15) is 0 Å². The molecule has 0 aliphatic carbocycles. The molecule has 25 heavy (non-hydrogen) atoms. The molecule has 4 rings (SSSR count). The molecule has 3 atom stereocenters. The van der Waals surface area contributed by atoms with Gasteiger partial charge in [-0.25, -0.2) is 4.39 Å². The Hall–Kier alpha value is -0.880. The molecule has 0 saturated carbocycles. The summed E-state index contributed by atoms with van der Waals surface area (Å²) in [4.78, 5) is 17.3. The van der Waals surface area contributed by atoms with E-state index in [1.807, 2.05) is 12.1 Å². The van der Waals surface area contributed by atoms with E-state index in [0.29, 0.717) is 17.7 Å². The summed E-state index contributed by atoms with van der Waals surface area (Å²) >= 11 is 0. The number of likely N-dealkylation sites (tertiary alicyclic amines) is 2. The minimum Gasteiger partial charge on any atom is -0.341 e. The van der Waals surface area contributed by atoms with Crippen molar-refractivity contribution in [3.8, 4) is 0 Å². The Morgan fingerprint density at radius 2 is 1.76 bits per heavy atom. The van der Waals surface area contributed by atoms with Gasteiger partial charge in [0.05, 0.1) is 6.04 Å². The minimum absolute atomic E-state index is 0. The molecule has 3 aliphatic heterocycles. The van der Waals surface area contributed by atoms with Crippen LogP contribution in [0.25, 0.3) is 0 Å². The first-order valence-corrected chi connectivity index (χ1v) is 8.69. The second-order valence-electron chi connectivity index (χ2n) is 7.18. The van der Waals surface area contributed by atoms with Crippen LogP contribution < -0.4 is 5.32 Å². The fourth-order valence-electron chi connectivity index (χ4n) is 4.37. The van der Waals surface area contributed by atoms with Crippen molar-refractivity contribution >= 4 is 30.7 Å². The van der Waals surface area contributed by atoms with Crippen molar-refractivity contribution in [3.05, 3.63) is 35.6 Å². The number of carbonyl (C=O) groups is 1. The second-order valence-corrected chi connectivity index (χ2v) is 7.18. The molecule has 140 valence electrons. The van der Waals surface area contributed by atoms with Crippen molar-refractivity contribution in [2.45, 2.75) is 25.4 Å². The molecule has 1 aromatic carbocycles. The third-order valence-electron chi connectivity index (χ3n) is 5.65. The smallest absolute Gasteiger partial charge is 0.239 e. The van der Waals surface area contributed by atoms with E-state index in [2.05, 4.69) is 15.1 Å². The number of carbonyl (C=O) groups excluding carboxylic acids is 1. The summed E-state index contributed by atoms with van der Waals surface area (Å²) in [6.45, 7) is 5.63. The van der Waals surface area contributed by atoms with Crippen molar-refractivity contribution in [1.29, 1.82) is 0 Å². The van der Waals surface area contributed by atoms with Gasteiger partial charge in [-0.3, -0.25) is 9.69 Å². The minimum atomic E-state index is -0.208. The van der Waals surface area contributed by atoms with Crippen LogP contribution in [0.1, 0.15) is 18.4 Å². The van der Waals surface area contributed by atoms with Crippen molar-refractivity contribution in [3.63, 3.8) is 0 Å². The van der Waals surface area contributed by atoms with Crippen LogP contribution in [0.3, 0.4) is 0 Å². The summed E-state index contributed by atoms with van der Waals surface area (Å²) in [5, 5.41) is 3.42. The number of benzene rings is 1. The standard InChI is InChI=1S/C18H24FN3O.2ClH/c19-16-5-3-13(4-6-16)10-21-7-1-2-17(21)18(23)22-11-14-8-20-9-15(14)12-22;;/h3-6,14-15,17,20H,1-2,7-12H2;2*1H/t14-,15+,17?;;. The second kappa shape index (κ2) is 8.67. The Morgan fingerprint density at radius 3 is 2.40 bits per heavy atom. The Labute approximate surface area is 160 Å². The zero-order valence-corrected chi connectivity index (χ0v) is 15.8. The van der Waals surface area contributed by atoms with Gasteiger partial charge in [-0.05, 0) is 48.9 Å². The summed E-state index contributed by atoms with van der Waals surface area (Å²) in [6.07, 6.45) is 2.02. The number of halogens is 3. The lowest BCUT2D eigenvalue weighted by Crippen LogP contribution is -2.45. The Bertz CT molecular complexity index is 574. The molecule has 0 bridgehead atoms. The SMILES string of the molecule is Cl.Cl.O=C(C1CCCN1Cc1ccc(F)cc1)N1C[C@H]2CNC[C@H]2C1. The molecule has 0 radical (unpaired) electrons. The van der Waals surface area contributed by atoms with Crippen LogP contribution in [0.5, 0.6) is 0 Å². The molecule has 3 heterocycles. The average molecular weight is 390 g/mol. The third kappa shape index (κ3) is 4.27. The van der Waals surface area contributed by atoms with E-state index in [0.717, 1.165) is 57.7 Å². The number of nitrogens with zero attached hydrogens (tertiary/aromatic N) is 2. The monoisotopic (exact) mass is 389 g/mol. The molecule has 3 saturated heterocycles. The molecule has 1 N–H and O–H groups in total. The fourth-order valence-corrected chi connectivity index (χ4v) is 4.37. The summed E-state index contributed by atoms with van der Waals surface area (Å²) < 4.78 is 13.0. The average Bonchev–Trinajstić information content (AvgIpc) is 3.24. The van der Waals surface area contributed by atoms with Crippen LogP contribution in [0.4, 0.5) is 4.39 Å². The number of fused-ring (bicyclic) bond motifs is 1. The molecule has 1 amide bonds. The van der Waals surface area contributed by atoms with Gasteiger partial charge < -0.3 is 10.2 Å².